The van der Waals surface area contributed by atoms with Crippen molar-refractivity contribution in [2.45, 2.75) is 19.5 Å². The smallest absolute Gasteiger partial charge is 0.416 e. The molecule has 0 bridgehead atoms. The van der Waals surface area contributed by atoms with Crippen LogP contribution in [0.3, 0.4) is 0 Å². The number of carbonyl (C=O) groups excluding carboxylic acids is 1. The quantitative estimate of drug-likeness (QED) is 0.769. The first-order valence-corrected chi connectivity index (χ1v) is 8.46. The Bertz CT molecular complexity index is 817. The molecule has 0 saturated carbocycles. The molecule has 0 spiro atoms. The SMILES string of the molecule is CC(Cc1ccc(C(F)(F)F)cc1)C(=O)N(C)c1ccc(OCC(=O)O)cc1. The van der Waals surface area contributed by atoms with E-state index in [-0.39, 0.29) is 5.91 Å². The maximum atomic E-state index is 12.6. The molecule has 0 aliphatic heterocycles. The summed E-state index contributed by atoms with van der Waals surface area (Å²) in [5, 5.41) is 8.59. The highest BCUT2D eigenvalue weighted by molar-refractivity contribution is 5.94. The van der Waals surface area contributed by atoms with Gasteiger partial charge in [-0.1, -0.05) is 19.1 Å². The number of carbonyl (C=O) groups is 2. The Morgan fingerprint density at radius 3 is 2.14 bits per heavy atom. The molecule has 150 valence electrons. The van der Waals surface area contributed by atoms with E-state index >= 15 is 0 Å². The van der Waals surface area contributed by atoms with Gasteiger partial charge in [-0.3, -0.25) is 4.79 Å². The monoisotopic (exact) mass is 395 g/mol. The summed E-state index contributed by atoms with van der Waals surface area (Å²) in [5.74, 6) is -1.36. The molecular formula is C20H20F3NO4. The predicted octanol–water partition coefficient (Wildman–Crippen LogP) is 4.01. The Morgan fingerprint density at radius 2 is 1.64 bits per heavy atom. The first-order valence-electron chi connectivity index (χ1n) is 8.46. The van der Waals surface area contributed by atoms with Crippen LogP contribution in [-0.4, -0.2) is 30.6 Å². The predicted molar refractivity (Wildman–Crippen MR) is 97.3 cm³/mol. The number of carboxylic acid groups (broad SMARTS) is 1. The van der Waals surface area contributed by atoms with Crippen molar-refractivity contribution in [1.29, 1.82) is 0 Å². The summed E-state index contributed by atoms with van der Waals surface area (Å²) in [6.07, 6.45) is -4.08. The lowest BCUT2D eigenvalue weighted by Gasteiger charge is -2.22. The highest BCUT2D eigenvalue weighted by Crippen LogP contribution is 2.29. The fourth-order valence-corrected chi connectivity index (χ4v) is 2.64. The van der Waals surface area contributed by atoms with Gasteiger partial charge >= 0.3 is 12.1 Å². The van der Waals surface area contributed by atoms with E-state index in [0.717, 1.165) is 12.1 Å². The van der Waals surface area contributed by atoms with Gasteiger partial charge in [-0.15, -0.1) is 0 Å². The van der Waals surface area contributed by atoms with Crippen LogP contribution in [0.15, 0.2) is 48.5 Å². The van der Waals surface area contributed by atoms with Gasteiger partial charge < -0.3 is 14.7 Å². The third-order valence-electron chi connectivity index (χ3n) is 4.16. The van der Waals surface area contributed by atoms with Crippen LogP contribution < -0.4 is 9.64 Å². The van der Waals surface area contributed by atoms with Gasteiger partial charge in [0.15, 0.2) is 6.61 Å². The number of carboxylic acids is 1. The number of alkyl halides is 3. The van der Waals surface area contributed by atoms with E-state index in [1.54, 1.807) is 38.2 Å². The number of hydrogen-bond donors (Lipinski definition) is 1. The van der Waals surface area contributed by atoms with Crippen molar-refractivity contribution in [1.82, 2.24) is 0 Å². The summed E-state index contributed by atoms with van der Waals surface area (Å²) in [4.78, 5) is 24.5. The average Bonchev–Trinajstić information content (AvgIpc) is 2.65. The van der Waals surface area contributed by atoms with Crippen molar-refractivity contribution < 1.29 is 32.6 Å². The van der Waals surface area contributed by atoms with Crippen LogP contribution in [0, 0.1) is 5.92 Å². The zero-order valence-electron chi connectivity index (χ0n) is 15.4. The molecule has 1 N–H and O–H groups in total. The average molecular weight is 395 g/mol. The topological polar surface area (TPSA) is 66.8 Å². The van der Waals surface area contributed by atoms with Gasteiger partial charge in [0, 0.05) is 18.7 Å². The molecule has 0 aliphatic carbocycles. The molecule has 2 aromatic carbocycles. The van der Waals surface area contributed by atoms with Gasteiger partial charge in [-0.05, 0) is 48.4 Å². The molecule has 2 aromatic rings. The van der Waals surface area contributed by atoms with Gasteiger partial charge in [0.25, 0.3) is 0 Å². The number of amides is 1. The zero-order valence-corrected chi connectivity index (χ0v) is 15.4. The molecule has 0 aliphatic rings. The van der Waals surface area contributed by atoms with Gasteiger partial charge in [0.1, 0.15) is 5.75 Å². The number of ether oxygens (including phenoxy) is 1. The standard InChI is InChI=1S/C20H20F3NO4/c1-13(11-14-3-5-15(6-4-14)20(21,22)23)19(27)24(2)16-7-9-17(10-8-16)28-12-18(25)26/h3-10,13H,11-12H2,1-2H3,(H,25,26). The van der Waals surface area contributed by atoms with Gasteiger partial charge in [-0.25, -0.2) is 4.79 Å². The molecule has 8 heteroatoms. The van der Waals surface area contributed by atoms with E-state index in [9.17, 15) is 22.8 Å². The lowest BCUT2D eigenvalue weighted by Crippen LogP contribution is -2.32. The van der Waals surface area contributed by atoms with E-state index in [0.29, 0.717) is 23.4 Å². The van der Waals surface area contributed by atoms with Crippen LogP contribution in [0.1, 0.15) is 18.1 Å². The number of aliphatic carboxylic acids is 1. The highest BCUT2D eigenvalue weighted by atomic mass is 19.4. The van der Waals surface area contributed by atoms with Gasteiger partial charge in [0.2, 0.25) is 5.91 Å². The molecule has 2 rings (SSSR count). The summed E-state index contributed by atoms with van der Waals surface area (Å²) < 4.78 is 42.9. The number of benzene rings is 2. The van der Waals surface area contributed by atoms with E-state index in [2.05, 4.69) is 0 Å². The first-order chi connectivity index (χ1) is 13.1. The second-order valence-electron chi connectivity index (χ2n) is 6.37. The molecule has 1 atom stereocenters. The highest BCUT2D eigenvalue weighted by Gasteiger charge is 2.30. The molecule has 0 saturated heterocycles. The molecule has 1 unspecified atom stereocenters. The Kier molecular flexibility index (Phi) is 6.66. The summed E-state index contributed by atoms with van der Waals surface area (Å²) in [6, 6.07) is 11.1. The Hall–Kier alpha value is -3.03. The maximum absolute atomic E-state index is 12.6. The number of halogens is 3. The lowest BCUT2D eigenvalue weighted by molar-refractivity contribution is -0.139. The van der Waals surface area contributed by atoms with E-state index in [4.69, 9.17) is 9.84 Å². The molecule has 0 heterocycles. The summed E-state index contributed by atoms with van der Waals surface area (Å²) in [5.41, 5.74) is 0.504. The number of anilines is 1. The summed E-state index contributed by atoms with van der Waals surface area (Å²) in [7, 11) is 1.60. The van der Waals surface area contributed by atoms with Crippen LogP contribution >= 0.6 is 0 Å². The second-order valence-corrected chi connectivity index (χ2v) is 6.37. The fourth-order valence-electron chi connectivity index (χ4n) is 2.64. The third kappa shape index (κ3) is 5.73. The summed E-state index contributed by atoms with van der Waals surface area (Å²) >= 11 is 0. The Balaban J connectivity index is 1.99. The minimum atomic E-state index is -4.39. The molecule has 0 radical (unpaired) electrons. The lowest BCUT2D eigenvalue weighted by atomic mass is 9.98. The van der Waals surface area contributed by atoms with E-state index in [1.807, 2.05) is 0 Å². The largest absolute Gasteiger partial charge is 0.482 e. The van der Waals surface area contributed by atoms with Crippen LogP contribution in [0.4, 0.5) is 18.9 Å². The minimum Gasteiger partial charge on any atom is -0.482 e. The Labute approximate surface area is 160 Å². The molecule has 1 amide bonds. The van der Waals surface area contributed by atoms with Crippen molar-refractivity contribution in [2.75, 3.05) is 18.6 Å². The van der Waals surface area contributed by atoms with E-state index < -0.39 is 30.2 Å². The molecule has 0 aromatic heterocycles. The zero-order chi connectivity index (χ0) is 20.9. The third-order valence-corrected chi connectivity index (χ3v) is 4.16. The van der Waals surface area contributed by atoms with Crippen molar-refractivity contribution >= 4 is 17.6 Å². The van der Waals surface area contributed by atoms with Crippen LogP contribution in [0.2, 0.25) is 0 Å². The number of nitrogens with zero attached hydrogens (tertiary/aromatic N) is 1. The van der Waals surface area contributed by atoms with Crippen molar-refractivity contribution in [2.24, 2.45) is 5.92 Å². The maximum Gasteiger partial charge on any atom is 0.416 e. The molecule has 0 fully saturated rings. The minimum absolute atomic E-state index is 0.195. The van der Waals surface area contributed by atoms with E-state index in [1.165, 1.54) is 17.0 Å². The molecular weight excluding hydrogens is 375 g/mol. The van der Waals surface area contributed by atoms with Crippen LogP contribution in [-0.2, 0) is 22.2 Å². The fraction of sp³-hybridized carbons (Fsp3) is 0.300. The summed E-state index contributed by atoms with van der Waals surface area (Å²) in [6.45, 7) is 1.25. The number of rotatable bonds is 7. The first kappa shape index (κ1) is 21.3. The number of hydrogen-bond acceptors (Lipinski definition) is 3. The van der Waals surface area contributed by atoms with Crippen molar-refractivity contribution in [3.05, 3.63) is 59.7 Å². The van der Waals surface area contributed by atoms with Crippen molar-refractivity contribution in [3.63, 3.8) is 0 Å². The second kappa shape index (κ2) is 8.77. The van der Waals surface area contributed by atoms with Gasteiger partial charge in [-0.2, -0.15) is 13.2 Å². The Morgan fingerprint density at radius 1 is 1.07 bits per heavy atom. The normalized spacial score (nSPS) is 12.3. The van der Waals surface area contributed by atoms with Gasteiger partial charge in [0.05, 0.1) is 5.56 Å². The van der Waals surface area contributed by atoms with Crippen LogP contribution in [0.5, 0.6) is 5.75 Å². The van der Waals surface area contributed by atoms with Crippen LogP contribution in [0.25, 0.3) is 0 Å². The van der Waals surface area contributed by atoms with Crippen molar-refractivity contribution in [3.8, 4) is 5.75 Å². The molecule has 5 nitrogen and oxygen atoms in total. The molecule has 28 heavy (non-hydrogen) atoms.